The molecule has 1 amide bonds. The number of carbonyl (C=O) groups excluding carboxylic acids is 1. The lowest BCUT2D eigenvalue weighted by molar-refractivity contribution is -0.141. The summed E-state index contributed by atoms with van der Waals surface area (Å²) in [4.78, 5) is 24.0. The maximum atomic E-state index is 12.7. The van der Waals surface area contributed by atoms with E-state index in [1.807, 2.05) is 9.80 Å². The van der Waals surface area contributed by atoms with Crippen molar-refractivity contribution in [3.8, 4) is 0 Å². The minimum absolute atomic E-state index is 0.0705. The molecule has 29 heavy (non-hydrogen) atoms. The number of fused-ring (bicyclic) bond motifs is 1. The predicted octanol–water partition coefficient (Wildman–Crippen LogP) is 3.52. The Balaban J connectivity index is 1.51. The van der Waals surface area contributed by atoms with Crippen LogP contribution < -0.4 is 4.90 Å². The lowest BCUT2D eigenvalue weighted by atomic mass is 9.93. The van der Waals surface area contributed by atoms with E-state index >= 15 is 0 Å². The van der Waals surface area contributed by atoms with Crippen LogP contribution in [0, 0.1) is 5.41 Å². The van der Waals surface area contributed by atoms with Crippen LogP contribution in [0.5, 0.6) is 0 Å². The van der Waals surface area contributed by atoms with Crippen molar-refractivity contribution >= 4 is 11.7 Å². The number of halogens is 3. The monoisotopic (exact) mass is 414 g/mol. The van der Waals surface area contributed by atoms with Gasteiger partial charge in [-0.2, -0.15) is 13.2 Å². The summed E-state index contributed by atoms with van der Waals surface area (Å²) in [7, 11) is 0. The van der Waals surface area contributed by atoms with Crippen molar-refractivity contribution in [3.63, 3.8) is 0 Å². The van der Waals surface area contributed by atoms with E-state index in [9.17, 15) is 18.0 Å². The number of ether oxygens (including phenoxy) is 1. The molecular formula is C20H29F3N4O2. The molecule has 162 valence electrons. The second-order valence-electron chi connectivity index (χ2n) is 8.92. The third-order valence-corrected chi connectivity index (χ3v) is 5.58. The number of nitrogens with zero attached hydrogens (tertiary/aromatic N) is 4. The molecule has 2 fully saturated rings. The van der Waals surface area contributed by atoms with Crippen molar-refractivity contribution in [2.75, 3.05) is 31.2 Å². The van der Waals surface area contributed by atoms with Gasteiger partial charge in [0.25, 0.3) is 0 Å². The van der Waals surface area contributed by atoms with E-state index in [2.05, 4.69) is 30.7 Å². The molecule has 2 aliphatic rings. The molecular weight excluding hydrogens is 385 g/mol. The predicted molar refractivity (Wildman–Crippen MR) is 102 cm³/mol. The molecule has 0 unspecified atom stereocenters. The maximum absolute atomic E-state index is 12.7. The molecule has 3 heterocycles. The molecule has 1 aromatic heterocycles. The normalized spacial score (nSPS) is 22.3. The summed E-state index contributed by atoms with van der Waals surface area (Å²) in [6.45, 7) is 8.82. The fourth-order valence-electron chi connectivity index (χ4n) is 3.98. The lowest BCUT2D eigenvalue weighted by Crippen LogP contribution is -2.40. The number of likely N-dealkylation sites (tertiary alicyclic amines) is 1. The Bertz CT molecular complexity index is 703. The first-order valence-electron chi connectivity index (χ1n) is 10.1. The van der Waals surface area contributed by atoms with E-state index < -0.39 is 11.9 Å². The minimum atomic E-state index is -4.50. The minimum Gasteiger partial charge on any atom is -0.381 e. The first-order chi connectivity index (χ1) is 13.6. The average molecular weight is 414 g/mol. The van der Waals surface area contributed by atoms with E-state index in [0.717, 1.165) is 25.5 Å². The highest BCUT2D eigenvalue weighted by Crippen LogP contribution is 2.35. The van der Waals surface area contributed by atoms with Gasteiger partial charge < -0.3 is 14.5 Å². The van der Waals surface area contributed by atoms with Gasteiger partial charge in [-0.05, 0) is 24.7 Å². The van der Waals surface area contributed by atoms with E-state index in [1.165, 1.54) is 6.20 Å². The van der Waals surface area contributed by atoms with Gasteiger partial charge in [0, 0.05) is 19.7 Å². The number of rotatable bonds is 6. The van der Waals surface area contributed by atoms with Gasteiger partial charge in [0.15, 0.2) is 5.69 Å². The van der Waals surface area contributed by atoms with Crippen LogP contribution >= 0.6 is 0 Å². The van der Waals surface area contributed by atoms with Crippen LogP contribution in [0.2, 0.25) is 0 Å². The fourth-order valence-corrected chi connectivity index (χ4v) is 3.98. The first-order valence-corrected chi connectivity index (χ1v) is 10.1. The Morgan fingerprint density at radius 1 is 1.10 bits per heavy atom. The first kappa shape index (κ1) is 21.8. The Morgan fingerprint density at radius 2 is 1.83 bits per heavy atom. The second kappa shape index (κ2) is 8.45. The zero-order valence-electron chi connectivity index (χ0n) is 17.2. The molecule has 0 spiro atoms. The van der Waals surface area contributed by atoms with Gasteiger partial charge in [-0.15, -0.1) is 0 Å². The Kier molecular flexibility index (Phi) is 6.36. The third kappa shape index (κ3) is 5.38. The number of aromatic nitrogens is 2. The topological polar surface area (TPSA) is 58.6 Å². The summed E-state index contributed by atoms with van der Waals surface area (Å²) >= 11 is 0. The average Bonchev–Trinajstić information content (AvgIpc) is 3.21. The van der Waals surface area contributed by atoms with Gasteiger partial charge in [-0.3, -0.25) is 4.79 Å². The smallest absolute Gasteiger partial charge is 0.381 e. The lowest BCUT2D eigenvalue weighted by Gasteiger charge is -2.26. The molecule has 3 rings (SSSR count). The largest absolute Gasteiger partial charge is 0.434 e. The zero-order chi connectivity index (χ0) is 21.2. The van der Waals surface area contributed by atoms with Gasteiger partial charge in [-0.1, -0.05) is 20.8 Å². The Hall–Kier alpha value is -1.90. The zero-order valence-corrected chi connectivity index (χ0v) is 17.2. The standard InChI is InChI=1S/C20H29F3N4O2/c1-19(2,3)7-11-29-10-6-18(28)27-9-5-14-15(27)4-8-26(14)17-13-24-16(12-25-17)20(21,22)23/h12-15H,4-11H2,1-3H3/t14-,15-/m1/s1. The Labute approximate surface area is 169 Å². The van der Waals surface area contributed by atoms with E-state index in [0.29, 0.717) is 38.5 Å². The molecule has 6 nitrogen and oxygen atoms in total. The van der Waals surface area contributed by atoms with Crippen LogP contribution in [0.1, 0.15) is 52.1 Å². The van der Waals surface area contributed by atoms with E-state index in [-0.39, 0.29) is 23.4 Å². The summed E-state index contributed by atoms with van der Waals surface area (Å²) in [6.07, 6.45) is 0.318. The number of hydrogen-bond acceptors (Lipinski definition) is 5. The summed E-state index contributed by atoms with van der Waals surface area (Å²) in [5, 5.41) is 0. The highest BCUT2D eigenvalue weighted by atomic mass is 19.4. The highest BCUT2D eigenvalue weighted by molar-refractivity contribution is 5.77. The number of alkyl halides is 3. The van der Waals surface area contributed by atoms with Crippen molar-refractivity contribution in [2.45, 2.75) is 64.7 Å². The molecule has 2 aliphatic heterocycles. The molecule has 0 aliphatic carbocycles. The van der Waals surface area contributed by atoms with Crippen molar-refractivity contribution in [1.29, 1.82) is 0 Å². The van der Waals surface area contributed by atoms with Crippen LogP contribution in [0.3, 0.4) is 0 Å². The summed E-state index contributed by atoms with van der Waals surface area (Å²) in [6, 6.07) is 0.146. The number of anilines is 1. The second-order valence-corrected chi connectivity index (χ2v) is 8.92. The van der Waals surface area contributed by atoms with Crippen molar-refractivity contribution in [3.05, 3.63) is 18.1 Å². The van der Waals surface area contributed by atoms with Gasteiger partial charge in [-0.25, -0.2) is 9.97 Å². The quantitative estimate of drug-likeness (QED) is 0.667. The van der Waals surface area contributed by atoms with Crippen molar-refractivity contribution in [1.82, 2.24) is 14.9 Å². The summed E-state index contributed by atoms with van der Waals surface area (Å²) in [5.41, 5.74) is -0.785. The molecule has 0 bridgehead atoms. The van der Waals surface area contributed by atoms with Gasteiger partial charge in [0.05, 0.1) is 37.5 Å². The molecule has 0 aromatic carbocycles. The summed E-state index contributed by atoms with van der Waals surface area (Å²) in [5.74, 6) is 0.513. The van der Waals surface area contributed by atoms with Crippen LogP contribution in [-0.2, 0) is 15.7 Å². The molecule has 9 heteroatoms. The van der Waals surface area contributed by atoms with Crippen LogP contribution in [0.25, 0.3) is 0 Å². The Morgan fingerprint density at radius 3 is 2.45 bits per heavy atom. The molecule has 1 aromatic rings. The fraction of sp³-hybridized carbons (Fsp3) is 0.750. The summed E-state index contributed by atoms with van der Waals surface area (Å²) < 4.78 is 43.7. The third-order valence-electron chi connectivity index (χ3n) is 5.58. The van der Waals surface area contributed by atoms with Crippen molar-refractivity contribution < 1.29 is 22.7 Å². The van der Waals surface area contributed by atoms with Gasteiger partial charge >= 0.3 is 6.18 Å². The van der Waals surface area contributed by atoms with Crippen molar-refractivity contribution in [2.24, 2.45) is 5.41 Å². The number of amides is 1. The highest BCUT2D eigenvalue weighted by Gasteiger charge is 2.45. The van der Waals surface area contributed by atoms with Crippen LogP contribution in [0.15, 0.2) is 12.4 Å². The van der Waals surface area contributed by atoms with Gasteiger partial charge in [0.1, 0.15) is 5.82 Å². The molecule has 2 atom stereocenters. The molecule has 0 radical (unpaired) electrons. The van der Waals surface area contributed by atoms with E-state index in [4.69, 9.17) is 4.74 Å². The SMILES string of the molecule is CC(C)(C)CCOCCC(=O)N1CC[C@@H]2[C@H]1CCN2c1cnc(C(F)(F)F)cn1. The molecule has 2 saturated heterocycles. The van der Waals surface area contributed by atoms with Crippen LogP contribution in [0.4, 0.5) is 19.0 Å². The number of hydrogen-bond donors (Lipinski definition) is 0. The molecule has 0 N–H and O–H groups in total. The van der Waals surface area contributed by atoms with Crippen LogP contribution in [-0.4, -0.2) is 59.2 Å². The maximum Gasteiger partial charge on any atom is 0.434 e. The van der Waals surface area contributed by atoms with E-state index in [1.54, 1.807) is 0 Å². The number of carbonyl (C=O) groups is 1. The molecule has 0 saturated carbocycles. The van der Waals surface area contributed by atoms with Gasteiger partial charge in [0.2, 0.25) is 5.91 Å².